The third-order valence-electron chi connectivity index (χ3n) is 3.15. The van der Waals surface area contributed by atoms with Crippen LogP contribution in [0.15, 0.2) is 24.3 Å². The van der Waals surface area contributed by atoms with Crippen molar-refractivity contribution in [2.75, 3.05) is 0 Å². The lowest BCUT2D eigenvalue weighted by Crippen LogP contribution is -2.30. The number of rotatable bonds is 1. The third kappa shape index (κ3) is 2.72. The Bertz CT molecular complexity index is 463. The Hall–Kier alpha value is -1.22. The van der Waals surface area contributed by atoms with E-state index in [1.807, 2.05) is 6.08 Å². The Labute approximate surface area is 100 Å². The van der Waals surface area contributed by atoms with Crippen LogP contribution in [0.3, 0.4) is 0 Å². The average molecular weight is 237 g/mol. The van der Waals surface area contributed by atoms with Gasteiger partial charge in [-0.1, -0.05) is 19.9 Å². The first-order valence-corrected chi connectivity index (χ1v) is 5.79. The maximum absolute atomic E-state index is 13.7. The summed E-state index contributed by atoms with van der Waals surface area (Å²) in [6, 6.07) is 3.64. The van der Waals surface area contributed by atoms with Crippen molar-refractivity contribution in [3.8, 4) is 0 Å². The molecule has 1 atom stereocenters. The minimum atomic E-state index is -0.550. The first kappa shape index (κ1) is 12.2. The number of allylic oxidation sites excluding steroid dienone is 1. The van der Waals surface area contributed by atoms with Crippen molar-refractivity contribution < 1.29 is 8.78 Å². The van der Waals surface area contributed by atoms with Gasteiger partial charge < -0.3 is 5.73 Å². The summed E-state index contributed by atoms with van der Waals surface area (Å²) in [7, 11) is 0. The maximum Gasteiger partial charge on any atom is 0.133 e. The first-order chi connectivity index (χ1) is 7.87. The zero-order chi connectivity index (χ0) is 12.6. The van der Waals surface area contributed by atoms with Gasteiger partial charge in [0.2, 0.25) is 0 Å². The van der Waals surface area contributed by atoms with Crippen molar-refractivity contribution in [1.82, 2.24) is 0 Å². The molecule has 92 valence electrons. The highest BCUT2D eigenvalue weighted by atomic mass is 19.1. The van der Waals surface area contributed by atoms with Crippen LogP contribution in [0.5, 0.6) is 0 Å². The molecule has 0 spiro atoms. The van der Waals surface area contributed by atoms with E-state index in [0.29, 0.717) is 5.56 Å². The fraction of sp³-hybridized carbons (Fsp3) is 0.429. The van der Waals surface area contributed by atoms with Gasteiger partial charge in [-0.25, -0.2) is 8.78 Å². The van der Waals surface area contributed by atoms with E-state index in [2.05, 4.69) is 13.8 Å². The van der Waals surface area contributed by atoms with Crippen LogP contribution in [0.4, 0.5) is 8.78 Å². The summed E-state index contributed by atoms with van der Waals surface area (Å²) in [5.74, 6) is -1.06. The summed E-state index contributed by atoms with van der Waals surface area (Å²) in [5.41, 5.74) is 7.35. The zero-order valence-corrected chi connectivity index (χ0v) is 10.1. The topological polar surface area (TPSA) is 26.0 Å². The Kier molecular flexibility index (Phi) is 3.04. The highest BCUT2D eigenvalue weighted by Gasteiger charge is 2.28. The summed E-state index contributed by atoms with van der Waals surface area (Å²) in [6.45, 7) is 4.22. The molecule has 1 aliphatic carbocycles. The van der Waals surface area contributed by atoms with Gasteiger partial charge in [0.1, 0.15) is 11.6 Å². The molecular formula is C14H17F2N. The fourth-order valence-corrected chi connectivity index (χ4v) is 2.54. The summed E-state index contributed by atoms with van der Waals surface area (Å²) in [5, 5.41) is 0. The molecule has 1 aromatic carbocycles. The van der Waals surface area contributed by atoms with Crippen molar-refractivity contribution in [1.29, 1.82) is 0 Å². The Morgan fingerprint density at radius 1 is 1.29 bits per heavy atom. The van der Waals surface area contributed by atoms with Crippen molar-refractivity contribution in [3.05, 3.63) is 41.5 Å². The molecule has 0 saturated heterocycles. The molecule has 0 saturated carbocycles. The second kappa shape index (κ2) is 4.22. The highest BCUT2D eigenvalue weighted by Crippen LogP contribution is 2.39. The van der Waals surface area contributed by atoms with Gasteiger partial charge in [-0.2, -0.15) is 0 Å². The molecule has 0 bridgehead atoms. The first-order valence-electron chi connectivity index (χ1n) is 5.79. The van der Waals surface area contributed by atoms with Gasteiger partial charge in [-0.05, 0) is 36.0 Å². The molecule has 0 radical (unpaired) electrons. The van der Waals surface area contributed by atoms with Crippen LogP contribution in [-0.2, 0) is 0 Å². The molecule has 0 amide bonds. The Morgan fingerprint density at radius 3 is 2.59 bits per heavy atom. The smallest absolute Gasteiger partial charge is 0.133 e. The van der Waals surface area contributed by atoms with Crippen LogP contribution in [-0.4, -0.2) is 6.04 Å². The molecule has 1 aliphatic rings. The predicted molar refractivity (Wildman–Crippen MR) is 65.3 cm³/mol. The van der Waals surface area contributed by atoms with Crippen molar-refractivity contribution in [2.24, 2.45) is 11.1 Å². The van der Waals surface area contributed by atoms with Gasteiger partial charge in [-0.3, -0.25) is 0 Å². The van der Waals surface area contributed by atoms with Gasteiger partial charge in [0.15, 0.2) is 0 Å². The summed E-state index contributed by atoms with van der Waals surface area (Å²) in [6.07, 6.45) is 3.55. The quantitative estimate of drug-likeness (QED) is 0.795. The molecule has 0 aromatic heterocycles. The van der Waals surface area contributed by atoms with E-state index < -0.39 is 11.6 Å². The zero-order valence-electron chi connectivity index (χ0n) is 10.1. The van der Waals surface area contributed by atoms with Crippen LogP contribution in [0.2, 0.25) is 0 Å². The van der Waals surface area contributed by atoms with E-state index >= 15 is 0 Å². The van der Waals surface area contributed by atoms with Crippen LogP contribution in [0.25, 0.3) is 5.57 Å². The minimum absolute atomic E-state index is 0.0572. The largest absolute Gasteiger partial charge is 0.324 e. The predicted octanol–water partition coefficient (Wildman–Crippen LogP) is 3.50. The van der Waals surface area contributed by atoms with Gasteiger partial charge in [0.25, 0.3) is 0 Å². The van der Waals surface area contributed by atoms with Crippen LogP contribution in [0, 0.1) is 17.0 Å². The SMILES string of the molecule is CC1(C)CC(c2ccc(F)cc2F)=CC(N)C1. The van der Waals surface area contributed by atoms with E-state index in [-0.39, 0.29) is 11.5 Å². The molecule has 2 N–H and O–H groups in total. The molecule has 3 heteroatoms. The average Bonchev–Trinajstić information content (AvgIpc) is 2.13. The minimum Gasteiger partial charge on any atom is -0.324 e. The molecule has 17 heavy (non-hydrogen) atoms. The molecule has 0 fully saturated rings. The monoisotopic (exact) mass is 237 g/mol. The van der Waals surface area contributed by atoms with Crippen molar-refractivity contribution >= 4 is 5.57 Å². The summed E-state index contributed by atoms with van der Waals surface area (Å²) < 4.78 is 26.6. The molecule has 0 aliphatic heterocycles. The van der Waals surface area contributed by atoms with Crippen molar-refractivity contribution in [3.63, 3.8) is 0 Å². The van der Waals surface area contributed by atoms with E-state index in [1.165, 1.54) is 12.1 Å². The Morgan fingerprint density at radius 2 is 2.00 bits per heavy atom. The molecular weight excluding hydrogens is 220 g/mol. The van der Waals surface area contributed by atoms with Crippen LogP contribution < -0.4 is 5.73 Å². The molecule has 2 rings (SSSR count). The van der Waals surface area contributed by atoms with E-state index in [1.54, 1.807) is 0 Å². The standard InChI is InChI=1S/C14H17F2N/c1-14(2)7-9(5-11(17)8-14)12-4-3-10(15)6-13(12)16/h3-6,11H,7-8,17H2,1-2H3. The fourth-order valence-electron chi connectivity index (χ4n) is 2.54. The molecule has 1 nitrogen and oxygen atoms in total. The lowest BCUT2D eigenvalue weighted by molar-refractivity contribution is 0.318. The number of halogens is 2. The van der Waals surface area contributed by atoms with Crippen molar-refractivity contribution in [2.45, 2.75) is 32.7 Å². The van der Waals surface area contributed by atoms with Gasteiger partial charge >= 0.3 is 0 Å². The molecule has 1 unspecified atom stereocenters. The van der Waals surface area contributed by atoms with Crippen LogP contribution in [0.1, 0.15) is 32.3 Å². The molecule has 1 aromatic rings. The maximum atomic E-state index is 13.7. The summed E-state index contributed by atoms with van der Waals surface area (Å²) >= 11 is 0. The lowest BCUT2D eigenvalue weighted by atomic mass is 9.74. The van der Waals surface area contributed by atoms with Crippen LogP contribution >= 0.6 is 0 Å². The van der Waals surface area contributed by atoms with Gasteiger partial charge in [0.05, 0.1) is 0 Å². The van der Waals surface area contributed by atoms with E-state index in [0.717, 1.165) is 24.5 Å². The second-order valence-electron chi connectivity index (χ2n) is 5.53. The normalized spacial score (nSPS) is 23.4. The lowest BCUT2D eigenvalue weighted by Gasteiger charge is -2.33. The molecule has 0 heterocycles. The number of benzene rings is 1. The van der Waals surface area contributed by atoms with Gasteiger partial charge in [-0.15, -0.1) is 0 Å². The number of hydrogen-bond donors (Lipinski definition) is 1. The third-order valence-corrected chi connectivity index (χ3v) is 3.15. The number of hydrogen-bond acceptors (Lipinski definition) is 1. The number of nitrogens with two attached hydrogens (primary N) is 1. The summed E-state index contributed by atoms with van der Waals surface area (Å²) in [4.78, 5) is 0. The van der Waals surface area contributed by atoms with E-state index in [4.69, 9.17) is 5.73 Å². The highest BCUT2D eigenvalue weighted by molar-refractivity contribution is 5.68. The van der Waals surface area contributed by atoms with E-state index in [9.17, 15) is 8.78 Å². The Balaban J connectivity index is 2.39. The second-order valence-corrected chi connectivity index (χ2v) is 5.53. The van der Waals surface area contributed by atoms with Gasteiger partial charge in [0, 0.05) is 17.7 Å².